The highest BCUT2D eigenvalue weighted by Gasteiger charge is 2.32. The maximum absolute atomic E-state index is 9.89. The van der Waals surface area contributed by atoms with Crippen LogP contribution in [0.1, 0.15) is 44.7 Å². The molecule has 21 heavy (non-hydrogen) atoms. The highest BCUT2D eigenvalue weighted by molar-refractivity contribution is 6.32. The lowest BCUT2D eigenvalue weighted by Gasteiger charge is -2.44. The Hall–Kier alpha value is -0.970. The highest BCUT2D eigenvalue weighted by Crippen LogP contribution is 2.39. The average Bonchev–Trinajstić information content (AvgIpc) is 2.46. The van der Waals surface area contributed by atoms with E-state index in [0.717, 1.165) is 5.56 Å². The molecule has 5 heteroatoms. The number of ether oxygens (including phenoxy) is 1. The van der Waals surface area contributed by atoms with Crippen molar-refractivity contribution in [3.8, 4) is 11.5 Å². The SMILES string of the molecule is COc1cc(C(CN)N2C(C)CCCC2C)cc(Cl)c1O. The summed E-state index contributed by atoms with van der Waals surface area (Å²) in [6.07, 6.45) is 3.63. The fraction of sp³-hybridized carbons (Fsp3) is 0.625. The molecule has 1 aliphatic heterocycles. The maximum Gasteiger partial charge on any atom is 0.176 e. The van der Waals surface area contributed by atoms with Gasteiger partial charge in [0.25, 0.3) is 0 Å². The van der Waals surface area contributed by atoms with Gasteiger partial charge in [0.1, 0.15) is 0 Å². The van der Waals surface area contributed by atoms with E-state index < -0.39 is 0 Å². The molecule has 4 nitrogen and oxygen atoms in total. The van der Waals surface area contributed by atoms with E-state index in [0.29, 0.717) is 29.4 Å². The van der Waals surface area contributed by atoms with Crippen LogP contribution < -0.4 is 10.5 Å². The molecule has 1 heterocycles. The Morgan fingerprint density at radius 1 is 1.38 bits per heavy atom. The van der Waals surface area contributed by atoms with Crippen LogP contribution >= 0.6 is 11.6 Å². The number of aromatic hydroxyl groups is 1. The van der Waals surface area contributed by atoms with Crippen LogP contribution in [0.25, 0.3) is 0 Å². The van der Waals surface area contributed by atoms with E-state index in [4.69, 9.17) is 22.1 Å². The molecule has 0 spiro atoms. The van der Waals surface area contributed by atoms with Crippen molar-refractivity contribution in [3.63, 3.8) is 0 Å². The summed E-state index contributed by atoms with van der Waals surface area (Å²) in [5.41, 5.74) is 7.05. The van der Waals surface area contributed by atoms with Crippen LogP contribution in [0.5, 0.6) is 11.5 Å². The second-order valence-electron chi connectivity index (χ2n) is 5.88. The molecular weight excluding hydrogens is 288 g/mol. The zero-order chi connectivity index (χ0) is 15.6. The third-order valence-electron chi connectivity index (χ3n) is 4.50. The first-order chi connectivity index (χ1) is 9.99. The van der Waals surface area contributed by atoms with Crippen LogP contribution in [-0.2, 0) is 0 Å². The van der Waals surface area contributed by atoms with Crippen molar-refractivity contribution in [2.45, 2.75) is 51.2 Å². The van der Waals surface area contributed by atoms with Crippen LogP contribution in [0.15, 0.2) is 12.1 Å². The number of hydrogen-bond donors (Lipinski definition) is 2. The summed E-state index contributed by atoms with van der Waals surface area (Å²) >= 11 is 6.12. The van der Waals surface area contributed by atoms with E-state index in [1.807, 2.05) is 6.07 Å². The Morgan fingerprint density at radius 3 is 2.52 bits per heavy atom. The Labute approximate surface area is 131 Å². The van der Waals surface area contributed by atoms with Crippen LogP contribution in [-0.4, -0.2) is 35.7 Å². The molecule has 0 aromatic heterocycles. The number of likely N-dealkylation sites (tertiary alicyclic amines) is 1. The van der Waals surface area contributed by atoms with Gasteiger partial charge in [0.15, 0.2) is 11.5 Å². The summed E-state index contributed by atoms with van der Waals surface area (Å²) in [4.78, 5) is 2.46. The topological polar surface area (TPSA) is 58.7 Å². The van der Waals surface area contributed by atoms with Crippen molar-refractivity contribution < 1.29 is 9.84 Å². The second kappa shape index (κ2) is 6.86. The normalized spacial score (nSPS) is 24.8. The molecule has 0 amide bonds. The molecule has 1 aromatic carbocycles. The molecule has 3 N–H and O–H groups in total. The molecule has 0 saturated carbocycles. The molecule has 0 radical (unpaired) electrons. The fourth-order valence-electron chi connectivity index (χ4n) is 3.43. The van der Waals surface area contributed by atoms with E-state index in [9.17, 15) is 5.11 Å². The zero-order valence-corrected chi connectivity index (χ0v) is 13.7. The quantitative estimate of drug-likeness (QED) is 0.895. The Morgan fingerprint density at radius 2 is 2.00 bits per heavy atom. The number of piperidine rings is 1. The fourth-order valence-corrected chi connectivity index (χ4v) is 3.65. The van der Waals surface area contributed by atoms with Gasteiger partial charge < -0.3 is 15.6 Å². The van der Waals surface area contributed by atoms with E-state index in [1.165, 1.54) is 26.4 Å². The van der Waals surface area contributed by atoms with Gasteiger partial charge in [-0.15, -0.1) is 0 Å². The lowest BCUT2D eigenvalue weighted by Crippen LogP contribution is -2.48. The number of halogens is 1. The van der Waals surface area contributed by atoms with Crippen LogP contribution in [0.4, 0.5) is 0 Å². The smallest absolute Gasteiger partial charge is 0.176 e. The minimum absolute atomic E-state index is 0.0153. The van der Waals surface area contributed by atoms with Crippen molar-refractivity contribution in [2.75, 3.05) is 13.7 Å². The van der Waals surface area contributed by atoms with Crippen LogP contribution in [0.3, 0.4) is 0 Å². The summed E-state index contributed by atoms with van der Waals surface area (Å²) in [5, 5.41) is 10.2. The lowest BCUT2D eigenvalue weighted by molar-refractivity contribution is 0.0576. The predicted molar refractivity (Wildman–Crippen MR) is 86.1 cm³/mol. The third-order valence-corrected chi connectivity index (χ3v) is 4.79. The maximum atomic E-state index is 9.89. The van der Waals surface area contributed by atoms with E-state index in [2.05, 4.69) is 18.7 Å². The average molecular weight is 313 g/mol. The Balaban J connectivity index is 2.39. The minimum atomic E-state index is -0.0153. The van der Waals surface area contributed by atoms with Gasteiger partial charge in [-0.05, 0) is 44.4 Å². The largest absolute Gasteiger partial charge is 0.503 e. The summed E-state index contributed by atoms with van der Waals surface area (Å²) in [6, 6.07) is 4.70. The number of phenols is 1. The second-order valence-corrected chi connectivity index (χ2v) is 6.29. The third kappa shape index (κ3) is 3.28. The Kier molecular flexibility index (Phi) is 5.36. The number of rotatable bonds is 4. The number of benzene rings is 1. The minimum Gasteiger partial charge on any atom is -0.503 e. The molecule has 118 valence electrons. The van der Waals surface area contributed by atoms with Crippen molar-refractivity contribution in [3.05, 3.63) is 22.7 Å². The molecule has 3 unspecified atom stereocenters. The molecule has 0 aliphatic carbocycles. The first-order valence-electron chi connectivity index (χ1n) is 7.53. The highest BCUT2D eigenvalue weighted by atomic mass is 35.5. The molecule has 1 saturated heterocycles. The molecule has 3 atom stereocenters. The number of nitrogens with zero attached hydrogens (tertiary/aromatic N) is 1. The van der Waals surface area contributed by atoms with Gasteiger partial charge in [0.05, 0.1) is 12.1 Å². The van der Waals surface area contributed by atoms with Crippen molar-refractivity contribution in [1.29, 1.82) is 0 Å². The van der Waals surface area contributed by atoms with Gasteiger partial charge in [-0.25, -0.2) is 0 Å². The van der Waals surface area contributed by atoms with Crippen LogP contribution in [0.2, 0.25) is 5.02 Å². The van der Waals surface area contributed by atoms with Crippen LogP contribution in [0, 0.1) is 0 Å². The van der Waals surface area contributed by atoms with Crippen molar-refractivity contribution in [2.24, 2.45) is 5.73 Å². The van der Waals surface area contributed by atoms with Gasteiger partial charge in [0.2, 0.25) is 0 Å². The predicted octanol–water partition coefficient (Wildman–Crippen LogP) is 3.32. The summed E-state index contributed by atoms with van der Waals surface area (Å²) in [6.45, 7) is 5.01. The van der Waals surface area contributed by atoms with Gasteiger partial charge in [-0.2, -0.15) is 0 Å². The summed E-state index contributed by atoms with van der Waals surface area (Å²) < 4.78 is 5.21. The van der Waals surface area contributed by atoms with Crippen molar-refractivity contribution in [1.82, 2.24) is 4.90 Å². The number of nitrogens with two attached hydrogens (primary N) is 1. The Bertz CT molecular complexity index is 485. The van der Waals surface area contributed by atoms with E-state index in [-0.39, 0.29) is 11.8 Å². The number of phenolic OH excluding ortho intramolecular Hbond substituents is 1. The molecule has 1 fully saturated rings. The van der Waals surface area contributed by atoms with Gasteiger partial charge in [0, 0.05) is 24.7 Å². The molecular formula is C16H25ClN2O2. The van der Waals surface area contributed by atoms with Gasteiger partial charge in [-0.1, -0.05) is 18.0 Å². The molecule has 1 aromatic rings. The first kappa shape index (κ1) is 16.4. The van der Waals surface area contributed by atoms with E-state index >= 15 is 0 Å². The van der Waals surface area contributed by atoms with Gasteiger partial charge in [-0.3, -0.25) is 4.90 Å². The zero-order valence-electron chi connectivity index (χ0n) is 13.0. The summed E-state index contributed by atoms with van der Waals surface area (Å²) in [5.74, 6) is 0.381. The lowest BCUT2D eigenvalue weighted by atomic mass is 9.92. The molecule has 2 rings (SSSR count). The first-order valence-corrected chi connectivity index (χ1v) is 7.91. The standard InChI is InChI=1S/C16H25ClN2O2/c1-10-5-4-6-11(2)19(10)14(9-18)12-7-13(17)16(20)15(8-12)21-3/h7-8,10-11,14,20H,4-6,9,18H2,1-3H3. The van der Waals surface area contributed by atoms with Crippen molar-refractivity contribution >= 4 is 11.6 Å². The number of methoxy groups -OCH3 is 1. The summed E-state index contributed by atoms with van der Waals surface area (Å²) in [7, 11) is 1.53. The van der Waals surface area contributed by atoms with Gasteiger partial charge >= 0.3 is 0 Å². The van der Waals surface area contributed by atoms with E-state index in [1.54, 1.807) is 6.07 Å². The molecule has 0 bridgehead atoms. The molecule has 1 aliphatic rings. The monoisotopic (exact) mass is 312 g/mol. The number of hydrogen-bond acceptors (Lipinski definition) is 4.